The number of fused-ring (bicyclic) bond motifs is 1. The summed E-state index contributed by atoms with van der Waals surface area (Å²) in [7, 11) is 3.71. The Kier molecular flexibility index (Phi) is 5.31. The van der Waals surface area contributed by atoms with Gasteiger partial charge in [-0.05, 0) is 6.08 Å². The molecule has 1 aromatic rings. The summed E-state index contributed by atoms with van der Waals surface area (Å²) in [5, 5.41) is 12.5. The summed E-state index contributed by atoms with van der Waals surface area (Å²) in [6.45, 7) is -0.225. The summed E-state index contributed by atoms with van der Waals surface area (Å²) in [6, 6.07) is 9.20. The Labute approximate surface area is 163 Å². The van der Waals surface area contributed by atoms with Gasteiger partial charge in [0.2, 0.25) is 0 Å². The highest BCUT2D eigenvalue weighted by atomic mass is 16.8. The molecule has 4 rings (SSSR count). The normalized spacial score (nSPS) is 34.7. The number of hydrogen-bond acceptors (Lipinski definition) is 6. The van der Waals surface area contributed by atoms with E-state index in [1.807, 2.05) is 44.4 Å². The molecule has 2 fully saturated rings. The van der Waals surface area contributed by atoms with Crippen LogP contribution in [0.3, 0.4) is 0 Å². The number of amides is 2. The second kappa shape index (κ2) is 7.88. The van der Waals surface area contributed by atoms with Gasteiger partial charge in [0.05, 0.1) is 12.9 Å². The van der Waals surface area contributed by atoms with Gasteiger partial charge in [-0.3, -0.25) is 4.90 Å². The minimum Gasteiger partial charge on any atom is -0.394 e. The predicted molar refractivity (Wildman–Crippen MR) is 100 cm³/mol. The molecular weight excluding hydrogens is 364 g/mol. The average Bonchev–Trinajstić information content (AvgIpc) is 3.27. The molecule has 3 heterocycles. The van der Waals surface area contributed by atoms with E-state index in [9.17, 15) is 9.90 Å². The topological polar surface area (TPSA) is 95.9 Å². The molecule has 9 heteroatoms. The van der Waals surface area contributed by atoms with Gasteiger partial charge in [-0.2, -0.15) is 0 Å². The monoisotopic (exact) mass is 388 g/mol. The van der Waals surface area contributed by atoms with Crippen molar-refractivity contribution in [1.29, 1.82) is 0 Å². The van der Waals surface area contributed by atoms with Gasteiger partial charge in [-0.15, -0.1) is 0 Å². The summed E-state index contributed by atoms with van der Waals surface area (Å²) >= 11 is 0. The molecule has 150 valence electrons. The van der Waals surface area contributed by atoms with Gasteiger partial charge < -0.3 is 29.5 Å². The Morgan fingerprint density at radius 1 is 1.21 bits per heavy atom. The Hall–Kier alpha value is -2.46. The number of carbonyl (C=O) groups excluding carboxylic acids is 1. The Bertz CT molecular complexity index is 756. The zero-order valence-corrected chi connectivity index (χ0v) is 15.7. The van der Waals surface area contributed by atoms with Crippen molar-refractivity contribution < 1.29 is 24.1 Å². The van der Waals surface area contributed by atoms with Crippen molar-refractivity contribution in [2.75, 3.05) is 20.7 Å². The second-order valence-corrected chi connectivity index (χ2v) is 7.06. The number of hydrogen-bond donors (Lipinski definition) is 2. The summed E-state index contributed by atoms with van der Waals surface area (Å²) in [5.41, 5.74) is 0.879. The van der Waals surface area contributed by atoms with Crippen molar-refractivity contribution in [2.45, 2.75) is 37.0 Å². The summed E-state index contributed by atoms with van der Waals surface area (Å²) in [4.78, 5) is 20.1. The van der Waals surface area contributed by atoms with Crippen LogP contribution in [0.5, 0.6) is 0 Å². The molecule has 2 saturated heterocycles. The van der Waals surface area contributed by atoms with Crippen LogP contribution in [-0.4, -0.2) is 78.7 Å². The van der Waals surface area contributed by atoms with Gasteiger partial charge in [0.15, 0.2) is 12.5 Å². The third-order valence-electron chi connectivity index (χ3n) is 4.77. The van der Waals surface area contributed by atoms with E-state index in [1.165, 1.54) is 4.90 Å². The van der Waals surface area contributed by atoms with E-state index in [1.54, 1.807) is 23.5 Å². The predicted octanol–water partition coefficient (Wildman–Crippen LogP) is 0.641. The number of urea groups is 1. The molecule has 0 spiro atoms. The van der Waals surface area contributed by atoms with Crippen LogP contribution in [0, 0.1) is 0 Å². The summed E-state index contributed by atoms with van der Waals surface area (Å²) in [6.07, 6.45) is 1.76. The molecule has 2 N–H and O–H groups in total. The van der Waals surface area contributed by atoms with Crippen LogP contribution in [0.25, 0.3) is 0 Å². The minimum atomic E-state index is -0.703. The SMILES string of the molecule is CN(C)/C=N\C1C=CN([C@@H]2O[C@H](CO)C3OC(c4ccccc4)O[C@@H]32)C(=O)N1. The van der Waals surface area contributed by atoms with Crippen LogP contribution in [0.4, 0.5) is 4.79 Å². The van der Waals surface area contributed by atoms with E-state index in [0.717, 1.165) is 5.56 Å². The number of benzene rings is 1. The molecule has 0 radical (unpaired) electrons. The van der Waals surface area contributed by atoms with E-state index >= 15 is 0 Å². The van der Waals surface area contributed by atoms with Crippen LogP contribution < -0.4 is 5.32 Å². The van der Waals surface area contributed by atoms with Crippen molar-refractivity contribution in [3.05, 3.63) is 48.2 Å². The van der Waals surface area contributed by atoms with E-state index in [0.29, 0.717) is 0 Å². The molecule has 3 unspecified atom stereocenters. The van der Waals surface area contributed by atoms with Crippen LogP contribution >= 0.6 is 0 Å². The Morgan fingerprint density at radius 3 is 2.64 bits per heavy atom. The van der Waals surface area contributed by atoms with Gasteiger partial charge in [0, 0.05) is 25.9 Å². The number of nitrogens with one attached hydrogen (secondary N) is 1. The highest BCUT2D eigenvalue weighted by Gasteiger charge is 2.55. The average molecular weight is 388 g/mol. The number of aliphatic hydroxyl groups is 1. The van der Waals surface area contributed by atoms with Gasteiger partial charge in [-0.1, -0.05) is 30.3 Å². The first-order valence-electron chi connectivity index (χ1n) is 9.16. The van der Waals surface area contributed by atoms with Gasteiger partial charge in [0.1, 0.15) is 24.5 Å². The molecule has 2 amide bonds. The lowest BCUT2D eigenvalue weighted by Crippen LogP contribution is -2.52. The van der Waals surface area contributed by atoms with Crippen molar-refractivity contribution >= 4 is 12.4 Å². The van der Waals surface area contributed by atoms with Crippen LogP contribution in [0.2, 0.25) is 0 Å². The van der Waals surface area contributed by atoms with Crippen molar-refractivity contribution in [3.63, 3.8) is 0 Å². The molecular formula is C19H24N4O5. The fraction of sp³-hybridized carbons (Fsp3) is 0.474. The summed E-state index contributed by atoms with van der Waals surface area (Å²) < 4.78 is 17.9. The van der Waals surface area contributed by atoms with Gasteiger partial charge in [-0.25, -0.2) is 9.79 Å². The van der Waals surface area contributed by atoms with E-state index < -0.39 is 37.0 Å². The maximum atomic E-state index is 12.6. The van der Waals surface area contributed by atoms with Crippen molar-refractivity contribution in [1.82, 2.24) is 15.1 Å². The number of aliphatic imine (C=N–C) groups is 1. The van der Waals surface area contributed by atoms with E-state index in [4.69, 9.17) is 14.2 Å². The quantitative estimate of drug-likeness (QED) is 0.568. The lowest BCUT2D eigenvalue weighted by molar-refractivity contribution is -0.157. The number of nitrogens with zero attached hydrogens (tertiary/aromatic N) is 3. The first-order chi connectivity index (χ1) is 13.6. The fourth-order valence-corrected chi connectivity index (χ4v) is 3.46. The zero-order chi connectivity index (χ0) is 19.7. The third kappa shape index (κ3) is 3.61. The number of aliphatic hydroxyl groups excluding tert-OH is 1. The van der Waals surface area contributed by atoms with Crippen LogP contribution in [0.1, 0.15) is 11.9 Å². The number of carbonyl (C=O) groups is 1. The fourth-order valence-electron chi connectivity index (χ4n) is 3.46. The third-order valence-corrected chi connectivity index (χ3v) is 4.77. The molecule has 9 nitrogen and oxygen atoms in total. The molecule has 0 bridgehead atoms. The summed E-state index contributed by atoms with van der Waals surface area (Å²) in [5.74, 6) is 0. The lowest BCUT2D eigenvalue weighted by atomic mass is 10.1. The smallest absolute Gasteiger partial charge is 0.325 e. The molecule has 0 saturated carbocycles. The largest absolute Gasteiger partial charge is 0.394 e. The molecule has 0 aromatic heterocycles. The zero-order valence-electron chi connectivity index (χ0n) is 15.7. The van der Waals surface area contributed by atoms with E-state index in [-0.39, 0.29) is 12.6 Å². The van der Waals surface area contributed by atoms with E-state index in [2.05, 4.69) is 10.3 Å². The molecule has 6 atom stereocenters. The van der Waals surface area contributed by atoms with Gasteiger partial charge >= 0.3 is 6.03 Å². The first kappa shape index (κ1) is 18.9. The first-order valence-corrected chi connectivity index (χ1v) is 9.16. The van der Waals surface area contributed by atoms with Crippen LogP contribution in [0.15, 0.2) is 47.6 Å². The molecule has 28 heavy (non-hydrogen) atoms. The highest BCUT2D eigenvalue weighted by Crippen LogP contribution is 2.41. The Balaban J connectivity index is 1.50. The van der Waals surface area contributed by atoms with Crippen molar-refractivity contribution in [3.8, 4) is 0 Å². The molecule has 0 aliphatic carbocycles. The van der Waals surface area contributed by atoms with Crippen molar-refractivity contribution in [2.24, 2.45) is 4.99 Å². The molecule has 1 aromatic carbocycles. The maximum absolute atomic E-state index is 12.6. The van der Waals surface area contributed by atoms with Gasteiger partial charge in [0.25, 0.3) is 0 Å². The molecule has 3 aliphatic heterocycles. The Morgan fingerprint density at radius 2 is 1.96 bits per heavy atom. The van der Waals surface area contributed by atoms with Crippen LogP contribution in [-0.2, 0) is 14.2 Å². The number of rotatable bonds is 5. The highest BCUT2D eigenvalue weighted by molar-refractivity contribution is 5.77. The lowest BCUT2D eigenvalue weighted by Gasteiger charge is -2.32. The molecule has 3 aliphatic rings. The minimum absolute atomic E-state index is 0.225. The standard InChI is InChI=1S/C19H24N4O5/c1-22(2)11-20-14-8-9-23(19(25)21-14)17-16-15(13(10-24)26-17)27-18(28-16)12-6-4-3-5-7-12/h3-9,11,13-18,24H,10H2,1-2H3,(H,21,25)/b20-11-/t13-,14?,15?,16+,17-,18?/m1/s1. The second-order valence-electron chi connectivity index (χ2n) is 7.06. The maximum Gasteiger partial charge on any atom is 0.325 e. The number of ether oxygens (including phenoxy) is 3.